The molecule has 0 bridgehead atoms. The molecule has 0 saturated carbocycles. The van der Waals surface area contributed by atoms with Crippen molar-refractivity contribution in [1.82, 2.24) is 0 Å². The van der Waals surface area contributed by atoms with E-state index in [2.05, 4.69) is 178 Å². The van der Waals surface area contributed by atoms with Crippen molar-refractivity contribution >= 4 is 48.1 Å². The van der Waals surface area contributed by atoms with Crippen LogP contribution < -0.4 is 0 Å². The van der Waals surface area contributed by atoms with Crippen molar-refractivity contribution in [2.24, 2.45) is 0 Å². The van der Waals surface area contributed by atoms with Crippen LogP contribution in [-0.2, 0) is 32.7 Å². The molecule has 2 unspecified atom stereocenters. The van der Waals surface area contributed by atoms with E-state index < -0.39 is 20.8 Å². The summed E-state index contributed by atoms with van der Waals surface area (Å²) in [6, 6.07) is 40.9. The first kappa shape index (κ1) is 42.2. The van der Waals surface area contributed by atoms with Crippen LogP contribution in [0.1, 0.15) is 102 Å². The number of rotatable bonds is 7. The van der Waals surface area contributed by atoms with Crippen molar-refractivity contribution in [3.63, 3.8) is 0 Å². The fourth-order valence-electron chi connectivity index (χ4n) is 6.16. The Morgan fingerprint density at radius 1 is 0.660 bits per heavy atom. The Hall–Kier alpha value is -2.22. The minimum absolute atomic E-state index is 0.203. The molecule has 6 aromatic rings. The molecule has 6 rings (SSSR count). The van der Waals surface area contributed by atoms with Gasteiger partial charge < -0.3 is 0 Å². The Morgan fingerprint density at radius 3 is 1.58 bits per heavy atom. The zero-order valence-corrected chi connectivity index (χ0v) is 36.9. The quantitative estimate of drug-likeness (QED) is 0.111. The summed E-state index contributed by atoms with van der Waals surface area (Å²) in [6.07, 6.45) is 3.48. The van der Waals surface area contributed by atoms with Crippen molar-refractivity contribution in [3.8, 4) is 22.3 Å². The predicted molar refractivity (Wildman–Crippen MR) is 225 cm³/mol. The zero-order chi connectivity index (χ0) is 36.8. The molecule has 0 fully saturated rings. The fourth-order valence-corrected chi connectivity index (χ4v) is 6.16. The molecule has 0 spiro atoms. The molecule has 0 N–H and O–H groups in total. The molecule has 0 heterocycles. The zero-order valence-electron chi connectivity index (χ0n) is 31.9. The van der Waals surface area contributed by atoms with Crippen molar-refractivity contribution in [3.05, 3.63) is 131 Å². The molecule has 0 aliphatic rings. The topological polar surface area (TPSA) is 0 Å². The van der Waals surface area contributed by atoms with Gasteiger partial charge in [0.25, 0.3) is 0 Å². The molecule has 0 amide bonds. The number of aryl methyl sites for hydroxylation is 1. The van der Waals surface area contributed by atoms with Crippen LogP contribution in [0, 0.1) is 0 Å². The molecule has 0 aliphatic heterocycles. The van der Waals surface area contributed by atoms with Crippen molar-refractivity contribution in [2.75, 3.05) is 0 Å². The van der Waals surface area contributed by atoms with Crippen LogP contribution in [0.4, 0.5) is 0 Å². The van der Waals surface area contributed by atoms with E-state index in [9.17, 15) is 0 Å². The molecule has 2 atom stereocenters. The molecule has 50 heavy (non-hydrogen) atoms. The Balaban J connectivity index is 0.000000235. The van der Waals surface area contributed by atoms with E-state index >= 15 is 0 Å². The van der Waals surface area contributed by atoms with Crippen LogP contribution in [0.25, 0.3) is 43.8 Å². The minimum atomic E-state index is -0.826. The van der Waals surface area contributed by atoms with Crippen LogP contribution in [0.3, 0.4) is 0 Å². The van der Waals surface area contributed by atoms with E-state index in [4.69, 9.17) is 17.0 Å². The molecule has 0 aliphatic carbocycles. The van der Waals surface area contributed by atoms with E-state index in [0.717, 1.165) is 15.9 Å². The molecule has 2 radical (unpaired) electrons. The van der Waals surface area contributed by atoms with Gasteiger partial charge in [0, 0.05) is 9.52 Å². The molecule has 6 aromatic carbocycles. The van der Waals surface area contributed by atoms with Gasteiger partial charge >= 0.3 is 37.9 Å². The second kappa shape index (κ2) is 20.7. The first-order valence-corrected chi connectivity index (χ1v) is 26.4. The number of hydrogen-bond donors (Lipinski definition) is 0. The van der Waals surface area contributed by atoms with Crippen LogP contribution in [0.15, 0.2) is 109 Å². The predicted octanol–water partition coefficient (Wildman–Crippen LogP) is 15.5. The van der Waals surface area contributed by atoms with Gasteiger partial charge in [-0.1, -0.05) is 147 Å². The van der Waals surface area contributed by atoms with Gasteiger partial charge in [-0.2, -0.15) is 12.1 Å². The van der Waals surface area contributed by atoms with Crippen molar-refractivity contribution in [1.29, 1.82) is 0 Å². The second-order valence-electron chi connectivity index (χ2n) is 14.3. The number of hydrogen-bond acceptors (Lipinski definition) is 0. The average Bonchev–Trinajstić information content (AvgIpc) is 3.76. The summed E-state index contributed by atoms with van der Waals surface area (Å²) in [7, 11) is 11.0. The van der Waals surface area contributed by atoms with Gasteiger partial charge in [0.1, 0.15) is 0 Å². The van der Waals surface area contributed by atoms with Gasteiger partial charge in [-0.3, -0.25) is 0 Å². The first-order valence-electron chi connectivity index (χ1n) is 18.1. The van der Waals surface area contributed by atoms with Crippen molar-refractivity contribution < 1.29 is 20.8 Å². The van der Waals surface area contributed by atoms with Crippen LogP contribution in [0.2, 0.25) is 13.1 Å². The monoisotopic (exact) mass is 796 g/mol. The Morgan fingerprint density at radius 2 is 1.12 bits per heavy atom. The van der Waals surface area contributed by atoms with Crippen LogP contribution >= 0.6 is 17.0 Å². The molecule has 4 heteroatoms. The van der Waals surface area contributed by atoms with Gasteiger partial charge in [0.2, 0.25) is 0 Å². The standard InChI is InChI=1S/C23H27.C21H23.C2H6Si.2ClH.Zr/c1-6-16(2)19-14-18-8-7-9-21(22(18)15-19)17-10-12-20(13-11-17)23(3,4)5;1-4-15(3)17-9-11-18(12-10-17)20-8-6-7-19-13-16(5-2)14-21(19)20;1-3-2;;;/h7-16H,6H2,1-5H3;6-15H,4-5H2,1-3H3;1-2H3;2*1H;/q2*-1;;;;+4/p-2. The molecule has 0 saturated heterocycles. The van der Waals surface area contributed by atoms with E-state index in [1.807, 2.05) is 0 Å². The molecule has 262 valence electrons. The first-order chi connectivity index (χ1) is 23.9. The summed E-state index contributed by atoms with van der Waals surface area (Å²) in [4.78, 5) is 0. The summed E-state index contributed by atoms with van der Waals surface area (Å²) in [6.45, 7) is 22.4. The Labute approximate surface area is 325 Å². The summed E-state index contributed by atoms with van der Waals surface area (Å²) < 4.78 is 0. The number of halogens is 2. The number of fused-ring (bicyclic) bond motifs is 2. The summed E-state index contributed by atoms with van der Waals surface area (Å²) in [5.74, 6) is 1.26. The molecular formula is C46H56Cl2SiZr. The summed E-state index contributed by atoms with van der Waals surface area (Å²) in [5, 5.41) is 5.48. The number of benzene rings is 4. The van der Waals surface area contributed by atoms with E-state index in [1.165, 1.54) is 78.9 Å². The maximum atomic E-state index is 4.93. The van der Waals surface area contributed by atoms with E-state index in [1.54, 1.807) is 0 Å². The summed E-state index contributed by atoms with van der Waals surface area (Å²) >= 11 is -0.826. The third kappa shape index (κ3) is 11.4. The molecular weight excluding hydrogens is 743 g/mol. The van der Waals surface area contributed by atoms with Gasteiger partial charge in [-0.25, -0.2) is 0 Å². The van der Waals surface area contributed by atoms with Gasteiger partial charge in [-0.05, 0) is 52.3 Å². The molecule has 0 nitrogen and oxygen atoms in total. The fraction of sp³-hybridized carbons (Fsp3) is 0.348. The average molecular weight is 799 g/mol. The SMILES string of the molecule is CCC(C)c1cc2c(-c3ccc(C(C)(C)C)cc3)cccc2[cH-]1.CCc1cc2c(-c3ccc(C(C)CC)cc3)cccc2[cH-]1.C[Si]C.[Cl][Zr+2][Cl]. The normalized spacial score (nSPS) is 12.1. The Bertz CT molecular complexity index is 1850. The third-order valence-electron chi connectivity index (χ3n) is 9.64. The summed E-state index contributed by atoms with van der Waals surface area (Å²) in [5.41, 5.74) is 11.2. The van der Waals surface area contributed by atoms with Crippen molar-refractivity contribution in [2.45, 2.75) is 105 Å². The van der Waals surface area contributed by atoms with Gasteiger partial charge in [-0.15, -0.1) is 69.1 Å². The second-order valence-corrected chi connectivity index (χ2v) is 19.0. The van der Waals surface area contributed by atoms with Crippen LogP contribution in [0.5, 0.6) is 0 Å². The van der Waals surface area contributed by atoms with Gasteiger partial charge in [0.15, 0.2) is 0 Å². The van der Waals surface area contributed by atoms with Crippen LogP contribution in [-0.4, -0.2) is 9.52 Å². The van der Waals surface area contributed by atoms with E-state index in [-0.39, 0.29) is 5.41 Å². The third-order valence-corrected chi connectivity index (χ3v) is 9.64. The Kier molecular flexibility index (Phi) is 17.5. The molecule has 0 aromatic heterocycles. The van der Waals surface area contributed by atoms with E-state index in [0.29, 0.717) is 11.8 Å². The van der Waals surface area contributed by atoms with Gasteiger partial charge in [0.05, 0.1) is 0 Å². The maximum absolute atomic E-state index is 4.93.